The summed E-state index contributed by atoms with van der Waals surface area (Å²) in [6, 6.07) is 0.623. The highest BCUT2D eigenvalue weighted by Crippen LogP contribution is 2.25. The third-order valence-corrected chi connectivity index (χ3v) is 5.99. The molecule has 0 aliphatic heterocycles. The Balaban J connectivity index is 3.09. The van der Waals surface area contributed by atoms with Gasteiger partial charge in [0.25, 0.3) is 10.0 Å². The molecule has 1 aromatic rings. The summed E-state index contributed by atoms with van der Waals surface area (Å²) in [6.07, 6.45) is 0. The molecule has 9 heteroatoms. The van der Waals surface area contributed by atoms with E-state index in [1.54, 1.807) is 20.8 Å². The van der Waals surface area contributed by atoms with Crippen molar-refractivity contribution >= 4 is 33.3 Å². The highest BCUT2D eigenvalue weighted by Gasteiger charge is 2.31. The Morgan fingerprint density at radius 3 is 2.48 bits per heavy atom. The van der Waals surface area contributed by atoms with Gasteiger partial charge >= 0.3 is 11.9 Å². The lowest BCUT2D eigenvalue weighted by Crippen LogP contribution is -2.40. The lowest BCUT2D eigenvalue weighted by molar-refractivity contribution is -0.143. The smallest absolute Gasteiger partial charge is 0.336 e. The summed E-state index contributed by atoms with van der Waals surface area (Å²) in [5.74, 6) is -1.85. The van der Waals surface area contributed by atoms with Crippen LogP contribution >= 0.6 is 11.3 Å². The van der Waals surface area contributed by atoms with Crippen LogP contribution in [0, 0.1) is 0 Å². The minimum atomic E-state index is -3.94. The zero-order valence-electron chi connectivity index (χ0n) is 11.9. The summed E-state index contributed by atoms with van der Waals surface area (Å²) in [6.45, 7) is 4.64. The Labute approximate surface area is 127 Å². The first-order chi connectivity index (χ1) is 9.70. The van der Waals surface area contributed by atoms with Gasteiger partial charge in [-0.1, -0.05) is 0 Å². The number of carboxylic acid groups (broad SMARTS) is 1. The van der Waals surface area contributed by atoms with E-state index in [1.807, 2.05) is 0 Å². The molecule has 1 rings (SSSR count). The Kier molecular flexibility index (Phi) is 5.87. The molecule has 1 aromatic heterocycles. The fourth-order valence-electron chi connectivity index (χ4n) is 1.56. The van der Waals surface area contributed by atoms with Gasteiger partial charge in [-0.3, -0.25) is 4.79 Å². The maximum Gasteiger partial charge on any atom is 0.336 e. The average molecular weight is 335 g/mol. The predicted molar refractivity (Wildman–Crippen MR) is 76.9 cm³/mol. The van der Waals surface area contributed by atoms with Gasteiger partial charge in [0.1, 0.15) is 10.8 Å². The summed E-state index contributed by atoms with van der Waals surface area (Å²) in [7, 11) is -3.94. The molecule has 1 N–H and O–H groups in total. The maximum atomic E-state index is 12.5. The molecule has 0 bridgehead atoms. The zero-order chi connectivity index (χ0) is 16.2. The molecule has 0 unspecified atom stereocenters. The van der Waals surface area contributed by atoms with Crippen molar-refractivity contribution in [2.24, 2.45) is 0 Å². The van der Waals surface area contributed by atoms with Gasteiger partial charge in [-0.05, 0) is 26.8 Å². The molecule has 1 heterocycles. The number of carbonyl (C=O) groups excluding carboxylic acids is 1. The summed E-state index contributed by atoms with van der Waals surface area (Å²) < 4.78 is 30.6. The number of aromatic carboxylic acids is 1. The number of carbonyl (C=O) groups is 2. The number of hydrogen-bond acceptors (Lipinski definition) is 6. The Morgan fingerprint density at radius 1 is 1.43 bits per heavy atom. The van der Waals surface area contributed by atoms with Crippen molar-refractivity contribution < 1.29 is 27.9 Å². The first-order valence-electron chi connectivity index (χ1n) is 6.19. The van der Waals surface area contributed by atoms with Crippen molar-refractivity contribution in [3.05, 3.63) is 17.0 Å². The second-order valence-electron chi connectivity index (χ2n) is 4.41. The first-order valence-corrected chi connectivity index (χ1v) is 8.51. The standard InChI is InChI=1S/C12H17NO6S2/c1-4-19-10(14)6-13(8(2)3)21(17,18)11-5-9(7-20-11)12(15)16/h5,7-8H,4,6H2,1-3H3,(H,15,16). The van der Waals surface area contributed by atoms with Crippen LogP contribution in [-0.4, -0.2) is 49.0 Å². The van der Waals surface area contributed by atoms with E-state index in [2.05, 4.69) is 0 Å². The molecule has 21 heavy (non-hydrogen) atoms. The molecule has 0 aliphatic rings. The number of thiophene rings is 1. The number of hydrogen-bond donors (Lipinski definition) is 1. The SMILES string of the molecule is CCOC(=O)CN(C(C)C)S(=O)(=O)c1cc(C(=O)O)cs1. The maximum absolute atomic E-state index is 12.5. The van der Waals surface area contributed by atoms with Crippen molar-refractivity contribution in [3.8, 4) is 0 Å². The van der Waals surface area contributed by atoms with Crippen LogP contribution in [0.4, 0.5) is 0 Å². The van der Waals surface area contributed by atoms with E-state index in [0.29, 0.717) is 0 Å². The van der Waals surface area contributed by atoms with E-state index in [-0.39, 0.29) is 16.4 Å². The van der Waals surface area contributed by atoms with Gasteiger partial charge in [-0.2, -0.15) is 4.31 Å². The van der Waals surface area contributed by atoms with Crippen LogP contribution in [0.15, 0.2) is 15.7 Å². The molecule has 0 saturated heterocycles. The van der Waals surface area contributed by atoms with E-state index in [1.165, 1.54) is 5.38 Å². The second kappa shape index (κ2) is 7.01. The number of carboxylic acids is 1. The first kappa shape index (κ1) is 17.6. The van der Waals surface area contributed by atoms with E-state index in [4.69, 9.17) is 9.84 Å². The topological polar surface area (TPSA) is 101 Å². The molecular formula is C12H17NO6S2. The molecule has 7 nitrogen and oxygen atoms in total. The number of rotatable bonds is 7. The van der Waals surface area contributed by atoms with Crippen molar-refractivity contribution in [1.82, 2.24) is 4.31 Å². The molecule has 0 aliphatic carbocycles. The van der Waals surface area contributed by atoms with Crippen LogP contribution in [0.3, 0.4) is 0 Å². The van der Waals surface area contributed by atoms with Gasteiger partial charge in [0, 0.05) is 11.4 Å². The zero-order valence-corrected chi connectivity index (χ0v) is 13.5. The van der Waals surface area contributed by atoms with Crippen LogP contribution in [0.2, 0.25) is 0 Å². The van der Waals surface area contributed by atoms with E-state index in [9.17, 15) is 18.0 Å². The summed E-state index contributed by atoms with van der Waals surface area (Å²) >= 11 is 0.808. The fourth-order valence-corrected chi connectivity index (χ4v) is 4.42. The van der Waals surface area contributed by atoms with Crippen LogP contribution in [0.25, 0.3) is 0 Å². The quantitative estimate of drug-likeness (QED) is 0.756. The van der Waals surface area contributed by atoms with E-state index in [0.717, 1.165) is 21.7 Å². The third-order valence-electron chi connectivity index (χ3n) is 2.55. The average Bonchev–Trinajstić information content (AvgIpc) is 2.86. The second-order valence-corrected chi connectivity index (χ2v) is 7.44. The molecule has 0 spiro atoms. The molecule has 0 fully saturated rings. The van der Waals surface area contributed by atoms with Gasteiger partial charge in [0.15, 0.2) is 0 Å². The van der Waals surface area contributed by atoms with Crippen LogP contribution in [0.1, 0.15) is 31.1 Å². The van der Waals surface area contributed by atoms with Gasteiger partial charge in [-0.15, -0.1) is 11.3 Å². The molecule has 118 valence electrons. The van der Waals surface area contributed by atoms with E-state index < -0.39 is 34.5 Å². The summed E-state index contributed by atoms with van der Waals surface area (Å²) in [5, 5.41) is 10.1. The van der Waals surface area contributed by atoms with Crippen molar-refractivity contribution in [2.75, 3.05) is 13.2 Å². The van der Waals surface area contributed by atoms with Gasteiger partial charge in [-0.25, -0.2) is 13.2 Å². The highest BCUT2D eigenvalue weighted by atomic mass is 32.2. The number of nitrogens with zero attached hydrogens (tertiary/aromatic N) is 1. The monoisotopic (exact) mass is 335 g/mol. The molecule has 0 radical (unpaired) electrons. The van der Waals surface area contributed by atoms with E-state index >= 15 is 0 Å². The molecule has 0 saturated carbocycles. The highest BCUT2D eigenvalue weighted by molar-refractivity contribution is 7.91. The lowest BCUT2D eigenvalue weighted by Gasteiger charge is -2.24. The third kappa shape index (κ3) is 4.26. The fraction of sp³-hybridized carbons (Fsp3) is 0.500. The number of ether oxygens (including phenoxy) is 1. The Hall–Kier alpha value is -1.45. The molecule has 0 amide bonds. The summed E-state index contributed by atoms with van der Waals surface area (Å²) in [4.78, 5) is 22.4. The molecular weight excluding hydrogens is 318 g/mol. The predicted octanol–water partition coefficient (Wildman–Crippen LogP) is 1.41. The van der Waals surface area contributed by atoms with Crippen LogP contribution in [0.5, 0.6) is 0 Å². The van der Waals surface area contributed by atoms with Crippen molar-refractivity contribution in [2.45, 2.75) is 31.0 Å². The minimum Gasteiger partial charge on any atom is -0.478 e. The largest absolute Gasteiger partial charge is 0.478 e. The Bertz CT molecular complexity index is 619. The Morgan fingerprint density at radius 2 is 2.05 bits per heavy atom. The van der Waals surface area contributed by atoms with Crippen LogP contribution in [-0.2, 0) is 19.6 Å². The number of esters is 1. The van der Waals surface area contributed by atoms with Crippen molar-refractivity contribution in [3.63, 3.8) is 0 Å². The lowest BCUT2D eigenvalue weighted by atomic mass is 10.4. The van der Waals surface area contributed by atoms with Gasteiger partial charge in [0.05, 0.1) is 12.2 Å². The molecule has 0 atom stereocenters. The van der Waals surface area contributed by atoms with Gasteiger partial charge < -0.3 is 9.84 Å². The van der Waals surface area contributed by atoms with Gasteiger partial charge in [0.2, 0.25) is 0 Å². The summed E-state index contributed by atoms with van der Waals surface area (Å²) in [5.41, 5.74) is -0.0987. The van der Waals surface area contributed by atoms with Crippen molar-refractivity contribution in [1.29, 1.82) is 0 Å². The molecule has 0 aromatic carbocycles. The number of sulfonamides is 1. The normalized spacial score (nSPS) is 11.9. The van der Waals surface area contributed by atoms with Crippen LogP contribution < -0.4 is 0 Å². The minimum absolute atomic E-state index is 0.0987.